The third kappa shape index (κ3) is 7.49. The number of aromatic nitrogens is 3. The van der Waals surface area contributed by atoms with Gasteiger partial charge in [0, 0.05) is 60.8 Å². The van der Waals surface area contributed by atoms with Crippen molar-refractivity contribution in [1.82, 2.24) is 19.7 Å². The van der Waals surface area contributed by atoms with Gasteiger partial charge in [-0.2, -0.15) is 5.10 Å². The molecule has 0 atom stereocenters. The number of rotatable bonds is 6. The number of aliphatic carboxylic acids is 1. The van der Waals surface area contributed by atoms with Gasteiger partial charge < -0.3 is 15.1 Å². The molecule has 0 unspecified atom stereocenters. The minimum absolute atomic E-state index is 0.0535. The topological polar surface area (TPSA) is 94.7 Å². The Balaban J connectivity index is 0.000000743. The van der Waals surface area contributed by atoms with Crippen molar-refractivity contribution in [3.05, 3.63) is 64.7 Å². The van der Waals surface area contributed by atoms with E-state index in [1.807, 2.05) is 49.0 Å². The highest BCUT2D eigenvalue weighted by Crippen LogP contribution is 2.42. The molecule has 6 rings (SSSR count). The van der Waals surface area contributed by atoms with Crippen LogP contribution in [0.5, 0.6) is 0 Å². The summed E-state index contributed by atoms with van der Waals surface area (Å²) in [7, 11) is 2.00. The summed E-state index contributed by atoms with van der Waals surface area (Å²) in [6.07, 6.45) is -0.0535. The molecule has 0 spiro atoms. The molecule has 0 saturated carbocycles. The summed E-state index contributed by atoms with van der Waals surface area (Å²) < 4.78 is 2.94. The summed E-state index contributed by atoms with van der Waals surface area (Å²) in [4.78, 5) is 21.8. The SMILES string of the molecule is CC(C)(C)O.Cc1cc2nc(-c3ccc4c(c3)c(N3CCN(C(C)C)CC3)nn4C)sc2c(-c2ccc(Cl)cc2)c1CC(=O)O. The lowest BCUT2D eigenvalue weighted by molar-refractivity contribution is -0.136. The number of thiazole rings is 1. The van der Waals surface area contributed by atoms with E-state index in [0.717, 1.165) is 85.9 Å². The molecule has 3 aromatic carbocycles. The number of carbonyl (C=O) groups is 1. The van der Waals surface area contributed by atoms with E-state index in [1.54, 1.807) is 32.1 Å². The van der Waals surface area contributed by atoms with Crippen LogP contribution < -0.4 is 4.90 Å². The van der Waals surface area contributed by atoms with E-state index in [1.165, 1.54) is 0 Å². The van der Waals surface area contributed by atoms with Gasteiger partial charge in [-0.3, -0.25) is 14.4 Å². The molecule has 1 aliphatic heterocycles. The fourth-order valence-electron chi connectivity index (χ4n) is 5.72. The predicted octanol–water partition coefficient (Wildman–Crippen LogP) is 7.41. The molecule has 1 saturated heterocycles. The Labute approximate surface area is 273 Å². The fraction of sp³-hybridized carbons (Fsp3) is 0.400. The van der Waals surface area contributed by atoms with E-state index in [2.05, 4.69) is 41.8 Å². The molecular formula is C35H42ClN5O3S. The number of aryl methyl sites for hydroxylation is 2. The van der Waals surface area contributed by atoms with Gasteiger partial charge in [-0.05, 0) is 94.6 Å². The van der Waals surface area contributed by atoms with Crippen LogP contribution in [0.4, 0.5) is 5.82 Å². The van der Waals surface area contributed by atoms with Gasteiger partial charge in [0.15, 0.2) is 5.82 Å². The molecule has 0 bridgehead atoms. The van der Waals surface area contributed by atoms with Crippen LogP contribution in [0.2, 0.25) is 5.02 Å². The second-order valence-electron chi connectivity index (χ2n) is 13.0. The van der Waals surface area contributed by atoms with Gasteiger partial charge in [-0.1, -0.05) is 23.7 Å². The summed E-state index contributed by atoms with van der Waals surface area (Å²) in [5.41, 5.74) is 6.08. The molecule has 1 fully saturated rings. The van der Waals surface area contributed by atoms with Gasteiger partial charge in [0.1, 0.15) is 5.01 Å². The summed E-state index contributed by atoms with van der Waals surface area (Å²) >= 11 is 7.78. The number of hydrogen-bond acceptors (Lipinski definition) is 7. The molecular weight excluding hydrogens is 606 g/mol. The van der Waals surface area contributed by atoms with Gasteiger partial charge >= 0.3 is 5.97 Å². The Morgan fingerprint density at radius 2 is 1.64 bits per heavy atom. The first-order chi connectivity index (χ1) is 21.2. The average molecular weight is 648 g/mol. The van der Waals surface area contributed by atoms with Gasteiger partial charge in [-0.25, -0.2) is 4.98 Å². The maximum Gasteiger partial charge on any atom is 0.307 e. The molecule has 45 heavy (non-hydrogen) atoms. The first kappa shape index (κ1) is 32.9. The molecule has 1 aliphatic rings. The number of piperazine rings is 1. The van der Waals surface area contributed by atoms with Crippen molar-refractivity contribution in [1.29, 1.82) is 0 Å². The largest absolute Gasteiger partial charge is 0.481 e. The van der Waals surface area contributed by atoms with Crippen molar-refractivity contribution in [2.75, 3.05) is 31.1 Å². The van der Waals surface area contributed by atoms with Gasteiger partial charge in [0.25, 0.3) is 0 Å². The summed E-state index contributed by atoms with van der Waals surface area (Å²) in [6.45, 7) is 15.6. The Kier molecular flexibility index (Phi) is 9.56. The number of anilines is 1. The number of aliphatic hydroxyl groups is 1. The third-order valence-corrected chi connectivity index (χ3v) is 9.28. The van der Waals surface area contributed by atoms with E-state index in [9.17, 15) is 9.90 Å². The number of carboxylic acids is 1. The number of halogens is 1. The van der Waals surface area contributed by atoms with E-state index in [-0.39, 0.29) is 6.42 Å². The van der Waals surface area contributed by atoms with Crippen molar-refractivity contribution >= 4 is 55.8 Å². The lowest BCUT2D eigenvalue weighted by atomic mass is 9.93. The normalized spacial score (nSPS) is 14.3. The van der Waals surface area contributed by atoms with Crippen LogP contribution in [0.25, 0.3) is 42.8 Å². The number of carboxylic acid groups (broad SMARTS) is 1. The van der Waals surface area contributed by atoms with Crippen LogP contribution in [0.3, 0.4) is 0 Å². The maximum atomic E-state index is 11.8. The third-order valence-electron chi connectivity index (χ3n) is 7.89. The Hall–Kier alpha value is -3.50. The number of hydrogen-bond donors (Lipinski definition) is 2. The first-order valence-electron chi connectivity index (χ1n) is 15.3. The minimum atomic E-state index is -0.855. The van der Waals surface area contributed by atoms with Crippen LogP contribution in [0.1, 0.15) is 45.7 Å². The summed E-state index contributed by atoms with van der Waals surface area (Å²) in [6, 6.07) is 16.6. The standard InChI is InChI=1S/C31H32ClN5O2S.C4H10O/c1-18(2)36-11-13-37(14-12-36)30-24-16-21(7-10-26(24)35(4)34-30)31-33-25-15-19(3)23(17-27(38)39)28(29(25)40-31)20-5-8-22(32)9-6-20;1-4(2,3)5/h5-10,15-16,18H,11-14,17H2,1-4H3,(H,38,39);5H,1-3H3. The summed E-state index contributed by atoms with van der Waals surface area (Å²) in [5.74, 6) is 0.163. The molecule has 10 heteroatoms. The monoisotopic (exact) mass is 647 g/mol. The quantitative estimate of drug-likeness (QED) is 0.198. The zero-order chi connectivity index (χ0) is 32.6. The van der Waals surface area contributed by atoms with Crippen LogP contribution in [0.15, 0.2) is 48.5 Å². The molecule has 0 radical (unpaired) electrons. The number of fused-ring (bicyclic) bond motifs is 2. The molecule has 238 valence electrons. The summed E-state index contributed by atoms with van der Waals surface area (Å²) in [5, 5.41) is 25.8. The smallest absolute Gasteiger partial charge is 0.307 e. The molecule has 0 aliphatic carbocycles. The molecule has 5 aromatic rings. The highest BCUT2D eigenvalue weighted by Gasteiger charge is 2.24. The predicted molar refractivity (Wildman–Crippen MR) is 187 cm³/mol. The van der Waals surface area contributed by atoms with Crippen molar-refractivity contribution < 1.29 is 15.0 Å². The Morgan fingerprint density at radius 3 is 2.24 bits per heavy atom. The van der Waals surface area contributed by atoms with Gasteiger partial charge in [0.2, 0.25) is 0 Å². The second kappa shape index (κ2) is 13.1. The van der Waals surface area contributed by atoms with Crippen LogP contribution >= 0.6 is 22.9 Å². The lowest BCUT2D eigenvalue weighted by Gasteiger charge is -2.37. The first-order valence-corrected chi connectivity index (χ1v) is 16.5. The lowest BCUT2D eigenvalue weighted by Crippen LogP contribution is -2.49. The Bertz CT molecular complexity index is 1820. The second-order valence-corrected chi connectivity index (χ2v) is 14.4. The van der Waals surface area contributed by atoms with Crippen molar-refractivity contribution in [3.63, 3.8) is 0 Å². The maximum absolute atomic E-state index is 11.8. The molecule has 8 nitrogen and oxygen atoms in total. The van der Waals surface area contributed by atoms with Crippen LogP contribution in [-0.2, 0) is 18.3 Å². The minimum Gasteiger partial charge on any atom is -0.481 e. The number of benzene rings is 3. The number of nitrogens with zero attached hydrogens (tertiary/aromatic N) is 5. The average Bonchev–Trinajstić information content (AvgIpc) is 3.53. The zero-order valence-corrected chi connectivity index (χ0v) is 28.6. The fourth-order valence-corrected chi connectivity index (χ4v) is 6.98. The Morgan fingerprint density at radius 1 is 1.02 bits per heavy atom. The van der Waals surface area contributed by atoms with Gasteiger partial charge in [-0.15, -0.1) is 11.3 Å². The molecule has 2 N–H and O–H groups in total. The van der Waals surface area contributed by atoms with Crippen LogP contribution in [-0.4, -0.2) is 73.7 Å². The van der Waals surface area contributed by atoms with E-state index in [0.29, 0.717) is 11.1 Å². The molecule has 3 heterocycles. The van der Waals surface area contributed by atoms with E-state index in [4.69, 9.17) is 26.8 Å². The molecule has 0 amide bonds. The zero-order valence-electron chi connectivity index (χ0n) is 27.1. The highest BCUT2D eigenvalue weighted by molar-refractivity contribution is 7.22. The van der Waals surface area contributed by atoms with Crippen molar-refractivity contribution in [3.8, 4) is 21.7 Å². The van der Waals surface area contributed by atoms with Crippen molar-refractivity contribution in [2.24, 2.45) is 7.05 Å². The highest BCUT2D eigenvalue weighted by atomic mass is 35.5. The van der Waals surface area contributed by atoms with Crippen molar-refractivity contribution in [2.45, 2.75) is 59.6 Å². The van der Waals surface area contributed by atoms with Crippen LogP contribution in [0, 0.1) is 6.92 Å². The molecule has 2 aromatic heterocycles. The van der Waals surface area contributed by atoms with E-state index >= 15 is 0 Å². The van der Waals surface area contributed by atoms with Gasteiger partial charge in [0.05, 0.1) is 27.8 Å². The van der Waals surface area contributed by atoms with E-state index < -0.39 is 11.6 Å².